The fraction of sp³-hybridized carbons (Fsp3) is 0.269. The van der Waals surface area contributed by atoms with E-state index in [1.165, 1.54) is 6.07 Å². The first kappa shape index (κ1) is 24.3. The van der Waals surface area contributed by atoms with Crippen LogP contribution in [0.15, 0.2) is 46.9 Å². The van der Waals surface area contributed by atoms with E-state index in [4.69, 9.17) is 9.15 Å². The minimum absolute atomic E-state index is 0.0413. The van der Waals surface area contributed by atoms with Crippen LogP contribution in [-0.4, -0.2) is 32.5 Å². The minimum atomic E-state index is -0.982. The summed E-state index contributed by atoms with van der Waals surface area (Å²) in [7, 11) is 1.60. The molecular formula is C26H25F2N3O4. The standard InChI is InChI=1S/C26H25F2N3O4/c1-3-4-8-20-22(17-7-5-6-16(11-17)14-34-2)24(32)23(25(33)29-20)26-31-30-21(35-26)13-15-9-10-18(27)19(28)12-15/h5-7,9-12H,3-4,8,13-14H2,1-2H3,(H2,29,32,33). The zero-order chi connectivity index (χ0) is 24.9. The summed E-state index contributed by atoms with van der Waals surface area (Å²) >= 11 is 0. The van der Waals surface area contributed by atoms with Crippen molar-refractivity contribution in [3.8, 4) is 34.2 Å². The van der Waals surface area contributed by atoms with Gasteiger partial charge in [-0.2, -0.15) is 0 Å². The number of nitrogens with zero attached hydrogens (tertiary/aromatic N) is 3. The fourth-order valence-corrected chi connectivity index (χ4v) is 3.87. The Bertz CT molecular complexity index is 1340. The van der Waals surface area contributed by atoms with Crippen LogP contribution in [-0.2, 0) is 24.2 Å². The predicted molar refractivity (Wildman–Crippen MR) is 125 cm³/mol. The molecule has 35 heavy (non-hydrogen) atoms. The Kier molecular flexibility index (Phi) is 7.36. The van der Waals surface area contributed by atoms with Crippen molar-refractivity contribution in [1.82, 2.24) is 15.2 Å². The Labute approximate surface area is 201 Å². The van der Waals surface area contributed by atoms with Gasteiger partial charge in [0.25, 0.3) is 5.89 Å². The smallest absolute Gasteiger partial charge is 0.257 e. The van der Waals surface area contributed by atoms with Crippen molar-refractivity contribution in [2.45, 2.75) is 39.2 Å². The number of hydrogen-bond acceptors (Lipinski definition) is 7. The van der Waals surface area contributed by atoms with E-state index in [0.29, 0.717) is 35.4 Å². The molecular weight excluding hydrogens is 456 g/mol. The summed E-state index contributed by atoms with van der Waals surface area (Å²) in [4.78, 5) is 4.36. The van der Waals surface area contributed by atoms with Crippen LogP contribution in [0, 0.1) is 11.6 Å². The van der Waals surface area contributed by atoms with E-state index in [1.807, 2.05) is 31.2 Å². The van der Waals surface area contributed by atoms with Crippen LogP contribution in [0.5, 0.6) is 11.6 Å². The molecule has 0 unspecified atom stereocenters. The summed E-state index contributed by atoms with van der Waals surface area (Å²) in [5.41, 5.74) is 2.95. The van der Waals surface area contributed by atoms with Gasteiger partial charge in [-0.05, 0) is 47.7 Å². The maximum Gasteiger partial charge on any atom is 0.257 e. The molecule has 7 nitrogen and oxygen atoms in total. The molecule has 0 atom stereocenters. The number of halogens is 2. The Morgan fingerprint density at radius 1 is 0.971 bits per heavy atom. The third kappa shape index (κ3) is 5.30. The van der Waals surface area contributed by atoms with Gasteiger partial charge in [-0.25, -0.2) is 13.8 Å². The van der Waals surface area contributed by atoms with Crippen LogP contribution in [0.4, 0.5) is 8.78 Å². The zero-order valence-corrected chi connectivity index (χ0v) is 19.4. The average molecular weight is 481 g/mol. The molecule has 0 aliphatic carbocycles. The van der Waals surface area contributed by atoms with Crippen molar-refractivity contribution in [2.75, 3.05) is 7.11 Å². The van der Waals surface area contributed by atoms with Crippen LogP contribution >= 0.6 is 0 Å². The van der Waals surface area contributed by atoms with E-state index in [2.05, 4.69) is 15.2 Å². The van der Waals surface area contributed by atoms with E-state index in [1.54, 1.807) is 7.11 Å². The van der Waals surface area contributed by atoms with Gasteiger partial charge in [0.1, 0.15) is 11.3 Å². The lowest BCUT2D eigenvalue weighted by Gasteiger charge is -2.15. The monoisotopic (exact) mass is 481 g/mol. The Hall–Kier alpha value is -3.85. The van der Waals surface area contributed by atoms with Crippen LogP contribution < -0.4 is 0 Å². The van der Waals surface area contributed by atoms with Crippen molar-refractivity contribution in [1.29, 1.82) is 0 Å². The normalized spacial score (nSPS) is 11.2. The molecule has 0 amide bonds. The van der Waals surface area contributed by atoms with Crippen molar-refractivity contribution in [2.24, 2.45) is 0 Å². The predicted octanol–water partition coefficient (Wildman–Crippen LogP) is 5.57. The third-order valence-corrected chi connectivity index (χ3v) is 5.54. The number of methoxy groups -OCH3 is 1. The highest BCUT2D eigenvalue weighted by atomic mass is 19.2. The van der Waals surface area contributed by atoms with Gasteiger partial charge >= 0.3 is 0 Å². The summed E-state index contributed by atoms with van der Waals surface area (Å²) in [5, 5.41) is 29.9. The number of benzene rings is 2. The van der Waals surface area contributed by atoms with E-state index in [-0.39, 0.29) is 29.5 Å². The van der Waals surface area contributed by atoms with E-state index < -0.39 is 17.5 Å². The fourth-order valence-electron chi connectivity index (χ4n) is 3.87. The molecule has 2 heterocycles. The quantitative estimate of drug-likeness (QED) is 0.322. The molecule has 0 fully saturated rings. The molecule has 2 aromatic carbocycles. The summed E-state index contributed by atoms with van der Waals surface area (Å²) in [6, 6.07) is 11.0. The molecule has 4 aromatic rings. The van der Waals surface area contributed by atoms with Crippen molar-refractivity contribution in [3.05, 3.63) is 76.8 Å². The van der Waals surface area contributed by atoms with Gasteiger partial charge in [0.2, 0.25) is 11.8 Å². The number of hydrogen-bond donors (Lipinski definition) is 2. The summed E-state index contributed by atoms with van der Waals surface area (Å²) in [5.74, 6) is -2.64. The second-order valence-electron chi connectivity index (χ2n) is 8.14. The molecule has 0 bridgehead atoms. The first-order valence-corrected chi connectivity index (χ1v) is 11.2. The lowest BCUT2D eigenvalue weighted by molar-refractivity contribution is 0.185. The first-order valence-electron chi connectivity index (χ1n) is 11.2. The SMILES string of the molecule is CCCCc1nc(O)c(-c2nnc(Cc3ccc(F)c(F)c3)o2)c(O)c1-c1cccc(COC)c1. The lowest BCUT2D eigenvalue weighted by atomic mass is 9.96. The maximum atomic E-state index is 13.5. The highest BCUT2D eigenvalue weighted by Crippen LogP contribution is 2.44. The second-order valence-corrected chi connectivity index (χ2v) is 8.14. The molecule has 0 aliphatic rings. The van der Waals surface area contributed by atoms with E-state index >= 15 is 0 Å². The topological polar surface area (TPSA) is 102 Å². The van der Waals surface area contributed by atoms with Crippen LogP contribution in [0.1, 0.15) is 42.5 Å². The molecule has 0 saturated carbocycles. The number of aromatic nitrogens is 3. The first-order chi connectivity index (χ1) is 16.9. The number of pyridine rings is 1. The summed E-state index contributed by atoms with van der Waals surface area (Å²) in [6.07, 6.45) is 2.31. The highest BCUT2D eigenvalue weighted by molar-refractivity contribution is 5.83. The van der Waals surface area contributed by atoms with Crippen LogP contribution in [0.2, 0.25) is 0 Å². The molecule has 0 aliphatic heterocycles. The largest absolute Gasteiger partial charge is 0.506 e. The second kappa shape index (κ2) is 10.6. The van der Waals surface area contributed by atoms with Gasteiger partial charge < -0.3 is 19.4 Å². The molecule has 2 N–H and O–H groups in total. The molecule has 9 heteroatoms. The number of rotatable bonds is 9. The van der Waals surface area contributed by atoms with Gasteiger partial charge in [0.15, 0.2) is 11.6 Å². The lowest BCUT2D eigenvalue weighted by Crippen LogP contribution is -1.99. The highest BCUT2D eigenvalue weighted by Gasteiger charge is 2.25. The average Bonchev–Trinajstić information content (AvgIpc) is 3.28. The number of unbranched alkanes of at least 4 members (excludes halogenated alkanes) is 1. The number of aryl methyl sites for hydroxylation is 1. The Morgan fingerprint density at radius 2 is 1.80 bits per heavy atom. The summed E-state index contributed by atoms with van der Waals surface area (Å²) < 4.78 is 37.6. The molecule has 2 aromatic heterocycles. The molecule has 0 saturated heterocycles. The molecule has 0 radical (unpaired) electrons. The van der Waals surface area contributed by atoms with Gasteiger partial charge in [0.05, 0.1) is 18.7 Å². The van der Waals surface area contributed by atoms with Gasteiger partial charge in [0, 0.05) is 12.7 Å². The van der Waals surface area contributed by atoms with Gasteiger partial charge in [-0.3, -0.25) is 0 Å². The van der Waals surface area contributed by atoms with Crippen LogP contribution in [0.25, 0.3) is 22.6 Å². The van der Waals surface area contributed by atoms with Gasteiger partial charge in [-0.15, -0.1) is 10.2 Å². The number of aromatic hydroxyl groups is 2. The van der Waals surface area contributed by atoms with Crippen molar-refractivity contribution < 1.29 is 28.1 Å². The number of ether oxygens (including phenoxy) is 1. The van der Waals surface area contributed by atoms with Gasteiger partial charge in [-0.1, -0.05) is 37.6 Å². The minimum Gasteiger partial charge on any atom is -0.506 e. The van der Waals surface area contributed by atoms with Crippen molar-refractivity contribution >= 4 is 0 Å². The van der Waals surface area contributed by atoms with Crippen molar-refractivity contribution in [3.63, 3.8) is 0 Å². The third-order valence-electron chi connectivity index (χ3n) is 5.54. The van der Waals surface area contributed by atoms with E-state index in [0.717, 1.165) is 30.5 Å². The summed E-state index contributed by atoms with van der Waals surface area (Å²) in [6.45, 7) is 2.44. The molecule has 0 spiro atoms. The molecule has 182 valence electrons. The molecule has 4 rings (SSSR count). The maximum absolute atomic E-state index is 13.5. The Balaban J connectivity index is 1.76. The Morgan fingerprint density at radius 3 is 2.54 bits per heavy atom. The van der Waals surface area contributed by atoms with Crippen LogP contribution in [0.3, 0.4) is 0 Å². The zero-order valence-electron chi connectivity index (χ0n) is 19.4. The van der Waals surface area contributed by atoms with E-state index in [9.17, 15) is 19.0 Å².